The lowest BCUT2D eigenvalue weighted by atomic mass is 9.96. The number of rotatable bonds is 17. The molecule has 2 amide bonds. The molecular formula is C21H35N3O6. The highest BCUT2D eigenvalue weighted by Crippen LogP contribution is 2.16. The molecule has 0 N–H and O–H groups in total. The summed E-state index contributed by atoms with van der Waals surface area (Å²) >= 11 is 0. The molecule has 0 saturated heterocycles. The maximum absolute atomic E-state index is 12.3. The number of carbonyl (C=O) groups excluding carboxylic acids is 4. The largest absolute Gasteiger partial charge is 0.449 e. The summed E-state index contributed by atoms with van der Waals surface area (Å²) in [6.07, 6.45) is 8.47. The van der Waals surface area contributed by atoms with Crippen molar-refractivity contribution in [2.75, 3.05) is 32.8 Å². The summed E-state index contributed by atoms with van der Waals surface area (Å²) in [4.78, 5) is 53.3. The van der Waals surface area contributed by atoms with Crippen LogP contribution in [-0.4, -0.2) is 62.1 Å². The first kappa shape index (κ1) is 27.5. The number of nitrogens with zero attached hydrogens (tertiary/aromatic N) is 3. The van der Waals surface area contributed by atoms with Crippen LogP contribution in [0.4, 0.5) is 9.59 Å². The third-order valence-electron chi connectivity index (χ3n) is 4.49. The van der Waals surface area contributed by atoms with Gasteiger partial charge in [-0.05, 0) is 44.4 Å². The van der Waals surface area contributed by atoms with Gasteiger partial charge in [-0.3, -0.25) is 0 Å². The summed E-state index contributed by atoms with van der Waals surface area (Å²) in [5, 5.41) is 0. The van der Waals surface area contributed by atoms with Crippen molar-refractivity contribution in [3.05, 3.63) is 0 Å². The molecule has 1 atom stereocenters. The van der Waals surface area contributed by atoms with E-state index in [4.69, 9.17) is 9.47 Å². The number of imide groups is 1. The zero-order valence-corrected chi connectivity index (χ0v) is 18.3. The highest BCUT2D eigenvalue weighted by atomic mass is 16.6. The Bertz CT molecular complexity index is 549. The fraction of sp³-hybridized carbons (Fsp3) is 0.810. The molecular weight excluding hydrogens is 390 g/mol. The molecule has 170 valence electrons. The number of amides is 2. The Morgan fingerprint density at radius 1 is 0.833 bits per heavy atom. The van der Waals surface area contributed by atoms with Crippen molar-refractivity contribution in [3.8, 4) is 0 Å². The lowest BCUT2D eigenvalue weighted by molar-refractivity contribution is 0.0746. The molecule has 0 bridgehead atoms. The van der Waals surface area contributed by atoms with Gasteiger partial charge in [0.05, 0.1) is 26.3 Å². The molecule has 0 aromatic heterocycles. The number of hydrogen-bond acceptors (Lipinski definition) is 8. The molecule has 0 aromatic carbocycles. The molecule has 9 nitrogen and oxygen atoms in total. The average molecular weight is 426 g/mol. The van der Waals surface area contributed by atoms with Crippen LogP contribution in [0.3, 0.4) is 0 Å². The molecule has 0 heterocycles. The van der Waals surface area contributed by atoms with Gasteiger partial charge in [-0.15, -0.1) is 0 Å². The number of aliphatic imine (C=N–C) groups is 2. The second-order valence-electron chi connectivity index (χ2n) is 7.00. The Labute approximate surface area is 178 Å². The van der Waals surface area contributed by atoms with E-state index in [2.05, 4.69) is 9.98 Å². The van der Waals surface area contributed by atoms with Crippen molar-refractivity contribution >= 4 is 24.3 Å². The normalized spacial score (nSPS) is 11.0. The highest BCUT2D eigenvalue weighted by Gasteiger charge is 2.24. The summed E-state index contributed by atoms with van der Waals surface area (Å²) in [5.41, 5.74) is 0. The quantitative estimate of drug-likeness (QED) is 0.194. The first-order valence-corrected chi connectivity index (χ1v) is 10.8. The number of ether oxygens (including phenoxy) is 2. The highest BCUT2D eigenvalue weighted by molar-refractivity contribution is 5.87. The van der Waals surface area contributed by atoms with Crippen LogP contribution in [0.5, 0.6) is 0 Å². The minimum absolute atomic E-state index is 0.148. The molecule has 0 fully saturated rings. The Balaban J connectivity index is 4.60. The van der Waals surface area contributed by atoms with Crippen molar-refractivity contribution in [1.29, 1.82) is 0 Å². The van der Waals surface area contributed by atoms with E-state index in [-0.39, 0.29) is 25.7 Å². The van der Waals surface area contributed by atoms with E-state index in [0.29, 0.717) is 25.9 Å². The summed E-state index contributed by atoms with van der Waals surface area (Å²) in [6.45, 7) is 5.46. The van der Waals surface area contributed by atoms with Gasteiger partial charge >= 0.3 is 12.2 Å². The number of carbonyl (C=O) groups is 2. The molecule has 0 aromatic rings. The maximum atomic E-state index is 12.3. The van der Waals surface area contributed by atoms with Crippen molar-refractivity contribution in [2.24, 2.45) is 15.9 Å². The molecule has 30 heavy (non-hydrogen) atoms. The van der Waals surface area contributed by atoms with Crippen molar-refractivity contribution in [3.63, 3.8) is 0 Å². The smallest absolute Gasteiger partial charge is 0.419 e. The van der Waals surface area contributed by atoms with Crippen LogP contribution in [-0.2, 0) is 19.1 Å². The molecule has 0 radical (unpaired) electrons. The van der Waals surface area contributed by atoms with Gasteiger partial charge in [0.15, 0.2) is 0 Å². The summed E-state index contributed by atoms with van der Waals surface area (Å²) < 4.78 is 10.3. The van der Waals surface area contributed by atoms with Gasteiger partial charge in [0.25, 0.3) is 0 Å². The molecule has 0 aliphatic rings. The third-order valence-corrected chi connectivity index (χ3v) is 4.49. The van der Waals surface area contributed by atoms with E-state index in [1.165, 1.54) is 6.08 Å². The first-order valence-electron chi connectivity index (χ1n) is 10.8. The molecule has 9 heteroatoms. The van der Waals surface area contributed by atoms with Crippen LogP contribution in [0.1, 0.15) is 71.6 Å². The van der Waals surface area contributed by atoms with E-state index in [0.717, 1.165) is 49.8 Å². The first-order chi connectivity index (χ1) is 14.6. The molecule has 1 unspecified atom stereocenters. The number of unbranched alkanes of at least 4 members (excludes halogenated alkanes) is 3. The topological polar surface area (TPSA) is 115 Å². The van der Waals surface area contributed by atoms with Crippen LogP contribution in [0.25, 0.3) is 0 Å². The second-order valence-corrected chi connectivity index (χ2v) is 7.00. The van der Waals surface area contributed by atoms with Gasteiger partial charge in [0, 0.05) is 6.54 Å². The summed E-state index contributed by atoms with van der Waals surface area (Å²) in [5.74, 6) is 0.148. The zero-order valence-electron chi connectivity index (χ0n) is 18.3. The Morgan fingerprint density at radius 2 is 1.40 bits per heavy atom. The Kier molecular flexibility index (Phi) is 18.2. The van der Waals surface area contributed by atoms with Gasteiger partial charge in [-0.2, -0.15) is 0 Å². The van der Waals surface area contributed by atoms with Crippen molar-refractivity contribution in [2.45, 2.75) is 71.6 Å². The maximum Gasteiger partial charge on any atom is 0.419 e. The van der Waals surface area contributed by atoms with E-state index in [9.17, 15) is 19.2 Å². The molecule has 0 aliphatic heterocycles. The predicted octanol–water partition coefficient (Wildman–Crippen LogP) is 4.40. The van der Waals surface area contributed by atoms with Crippen molar-refractivity contribution < 1.29 is 28.7 Å². The van der Waals surface area contributed by atoms with Gasteiger partial charge in [-0.1, -0.05) is 33.1 Å². The average Bonchev–Trinajstić information content (AvgIpc) is 2.74. The lowest BCUT2D eigenvalue weighted by Crippen LogP contribution is -2.39. The SMILES string of the molecule is CCCCOC(=O)N(CCCCC(CCCN=C=O)CN=C=O)C(=O)OCCCC. The number of hydrogen-bond donors (Lipinski definition) is 0. The van der Waals surface area contributed by atoms with Crippen LogP contribution < -0.4 is 0 Å². The summed E-state index contributed by atoms with van der Waals surface area (Å²) in [6, 6.07) is 0. The molecule has 0 saturated carbocycles. The summed E-state index contributed by atoms with van der Waals surface area (Å²) in [7, 11) is 0. The number of isocyanates is 2. The minimum Gasteiger partial charge on any atom is -0.449 e. The second kappa shape index (κ2) is 19.8. The Morgan fingerprint density at radius 3 is 1.93 bits per heavy atom. The van der Waals surface area contributed by atoms with Crippen LogP contribution in [0.15, 0.2) is 9.98 Å². The third kappa shape index (κ3) is 14.5. The van der Waals surface area contributed by atoms with E-state index < -0.39 is 12.2 Å². The Hall–Kier alpha value is -2.50. The standard InChI is InChI=1S/C21H35N3O6/c1-3-5-14-29-20(27)24(21(28)30-15-6-4-2)13-8-7-10-19(16-23-18-26)11-9-12-22-17-25/h19H,3-16H2,1-2H3. The van der Waals surface area contributed by atoms with Gasteiger partial charge in [-0.25, -0.2) is 34.1 Å². The molecule has 0 rings (SSSR count). The fourth-order valence-corrected chi connectivity index (χ4v) is 2.72. The van der Waals surface area contributed by atoms with Crippen LogP contribution >= 0.6 is 0 Å². The van der Waals surface area contributed by atoms with Gasteiger partial charge in [0.2, 0.25) is 12.2 Å². The zero-order chi connectivity index (χ0) is 22.5. The fourth-order valence-electron chi connectivity index (χ4n) is 2.72. The van der Waals surface area contributed by atoms with Crippen molar-refractivity contribution in [1.82, 2.24) is 4.90 Å². The van der Waals surface area contributed by atoms with E-state index in [1.807, 2.05) is 13.8 Å². The van der Waals surface area contributed by atoms with Gasteiger partial charge < -0.3 is 9.47 Å². The molecule has 0 spiro atoms. The van der Waals surface area contributed by atoms with E-state index in [1.54, 1.807) is 6.08 Å². The lowest BCUT2D eigenvalue weighted by Gasteiger charge is -2.20. The van der Waals surface area contributed by atoms with E-state index >= 15 is 0 Å². The van der Waals surface area contributed by atoms with Crippen LogP contribution in [0, 0.1) is 5.92 Å². The van der Waals surface area contributed by atoms with Crippen LogP contribution in [0.2, 0.25) is 0 Å². The minimum atomic E-state index is -0.682. The monoisotopic (exact) mass is 425 g/mol. The molecule has 0 aliphatic carbocycles. The predicted molar refractivity (Wildman–Crippen MR) is 112 cm³/mol. The van der Waals surface area contributed by atoms with Gasteiger partial charge in [0.1, 0.15) is 0 Å².